The molecule has 0 radical (unpaired) electrons. The van der Waals surface area contributed by atoms with Crippen molar-refractivity contribution in [3.8, 4) is 5.75 Å². The topological polar surface area (TPSA) is 26.3 Å². The third kappa shape index (κ3) is 3.12. The zero-order valence-electron chi connectivity index (χ0n) is 13.0. The van der Waals surface area contributed by atoms with E-state index in [1.807, 2.05) is 60.7 Å². The lowest BCUT2D eigenvalue weighted by atomic mass is 10.2. The van der Waals surface area contributed by atoms with Crippen LogP contribution in [0.3, 0.4) is 0 Å². The van der Waals surface area contributed by atoms with Gasteiger partial charge in [-0.3, -0.25) is 0 Å². The fourth-order valence-corrected chi connectivity index (χ4v) is 5.07. The summed E-state index contributed by atoms with van der Waals surface area (Å²) in [5.74, 6) is 0.919. The molecular weight excluding hydrogens is 336 g/mol. The molecule has 3 aromatic rings. The second-order valence-corrected chi connectivity index (χ2v) is 8.06. The van der Waals surface area contributed by atoms with Crippen LogP contribution in [0.4, 0.5) is 0 Å². The average molecular weight is 352 g/mol. The molecule has 0 saturated heterocycles. The second-order valence-electron chi connectivity index (χ2n) is 5.50. The zero-order valence-corrected chi connectivity index (χ0v) is 14.6. The van der Waals surface area contributed by atoms with Crippen LogP contribution in [0.1, 0.15) is 5.56 Å². The lowest BCUT2D eigenvalue weighted by Crippen LogP contribution is -1.96. The first-order chi connectivity index (χ1) is 11.8. The number of rotatable bonds is 4. The Morgan fingerprint density at radius 3 is 2.58 bits per heavy atom. The predicted molar refractivity (Wildman–Crippen MR) is 97.3 cm³/mol. The van der Waals surface area contributed by atoms with E-state index >= 15 is 0 Å². The maximum absolute atomic E-state index is 13.1. The van der Waals surface area contributed by atoms with Gasteiger partial charge in [0, 0.05) is 21.1 Å². The highest BCUT2D eigenvalue weighted by Crippen LogP contribution is 2.35. The van der Waals surface area contributed by atoms with Crippen LogP contribution in [0, 0.1) is 0 Å². The molecule has 24 heavy (non-hydrogen) atoms. The molecule has 0 amide bonds. The molecular formula is C20H16O2S2. The number of fused-ring (bicyclic) bond motifs is 1. The van der Waals surface area contributed by atoms with E-state index in [4.69, 9.17) is 4.74 Å². The van der Waals surface area contributed by atoms with Crippen molar-refractivity contribution < 1.29 is 8.95 Å². The Morgan fingerprint density at radius 1 is 0.917 bits per heavy atom. The van der Waals surface area contributed by atoms with Gasteiger partial charge in [-0.15, -0.1) is 0 Å². The van der Waals surface area contributed by atoms with Gasteiger partial charge in [-0.2, -0.15) is 0 Å². The summed E-state index contributed by atoms with van der Waals surface area (Å²) in [5.41, 5.74) is 1.15. The Labute approximate surface area is 148 Å². The smallest absolute Gasteiger partial charge is 0.122 e. The van der Waals surface area contributed by atoms with Gasteiger partial charge in [-0.1, -0.05) is 42.1 Å². The SMILES string of the molecule is O=S(c1ccc2c(c1)CCO2)c1ccccc1Sc1ccccc1. The lowest BCUT2D eigenvalue weighted by Gasteiger charge is -2.10. The van der Waals surface area contributed by atoms with Crippen LogP contribution in [0.5, 0.6) is 5.75 Å². The number of benzene rings is 3. The van der Waals surface area contributed by atoms with Gasteiger partial charge < -0.3 is 4.74 Å². The summed E-state index contributed by atoms with van der Waals surface area (Å²) in [6.45, 7) is 0.714. The minimum atomic E-state index is -1.20. The summed E-state index contributed by atoms with van der Waals surface area (Å²) in [7, 11) is -1.20. The second kappa shape index (κ2) is 6.83. The zero-order chi connectivity index (χ0) is 16.4. The van der Waals surface area contributed by atoms with E-state index < -0.39 is 10.8 Å². The van der Waals surface area contributed by atoms with Crippen molar-refractivity contribution in [2.75, 3.05) is 6.61 Å². The first-order valence-corrected chi connectivity index (χ1v) is 9.77. The van der Waals surface area contributed by atoms with E-state index in [9.17, 15) is 4.21 Å². The molecule has 120 valence electrons. The van der Waals surface area contributed by atoms with E-state index in [0.717, 1.165) is 37.3 Å². The van der Waals surface area contributed by atoms with Gasteiger partial charge >= 0.3 is 0 Å². The minimum absolute atomic E-state index is 0.714. The Morgan fingerprint density at radius 2 is 1.71 bits per heavy atom. The monoisotopic (exact) mass is 352 g/mol. The molecule has 4 heteroatoms. The molecule has 1 aliphatic rings. The molecule has 0 spiro atoms. The van der Waals surface area contributed by atoms with E-state index in [1.54, 1.807) is 11.8 Å². The van der Waals surface area contributed by atoms with E-state index in [-0.39, 0.29) is 0 Å². The van der Waals surface area contributed by atoms with Gasteiger partial charge in [0.15, 0.2) is 0 Å². The van der Waals surface area contributed by atoms with Crippen molar-refractivity contribution in [2.24, 2.45) is 0 Å². The fraction of sp³-hybridized carbons (Fsp3) is 0.100. The molecule has 0 fully saturated rings. The highest BCUT2D eigenvalue weighted by atomic mass is 32.2. The van der Waals surface area contributed by atoms with Crippen molar-refractivity contribution in [3.05, 3.63) is 78.4 Å². The summed E-state index contributed by atoms with van der Waals surface area (Å²) in [5, 5.41) is 0. The molecule has 4 rings (SSSR count). The summed E-state index contributed by atoms with van der Waals surface area (Å²) in [4.78, 5) is 3.86. The third-order valence-corrected chi connectivity index (χ3v) is 6.55. The minimum Gasteiger partial charge on any atom is -0.493 e. The van der Waals surface area contributed by atoms with Gasteiger partial charge in [0.25, 0.3) is 0 Å². The van der Waals surface area contributed by atoms with E-state index in [2.05, 4.69) is 12.1 Å². The molecule has 0 bridgehead atoms. The molecule has 1 aliphatic heterocycles. The van der Waals surface area contributed by atoms with Crippen LogP contribution in [0.25, 0.3) is 0 Å². The summed E-state index contributed by atoms with van der Waals surface area (Å²) in [6, 6.07) is 23.9. The van der Waals surface area contributed by atoms with Crippen LogP contribution in [-0.4, -0.2) is 10.8 Å². The van der Waals surface area contributed by atoms with Crippen LogP contribution in [0.15, 0.2) is 92.4 Å². The molecule has 3 aromatic carbocycles. The molecule has 2 nitrogen and oxygen atoms in total. The van der Waals surface area contributed by atoms with Crippen LogP contribution < -0.4 is 4.74 Å². The number of hydrogen-bond acceptors (Lipinski definition) is 3. The molecule has 1 unspecified atom stereocenters. The van der Waals surface area contributed by atoms with Gasteiger partial charge in [-0.25, -0.2) is 4.21 Å². The first kappa shape index (κ1) is 15.5. The van der Waals surface area contributed by atoms with Gasteiger partial charge in [0.1, 0.15) is 5.75 Å². The Balaban J connectivity index is 1.67. The van der Waals surface area contributed by atoms with Crippen LogP contribution >= 0.6 is 11.8 Å². The summed E-state index contributed by atoms with van der Waals surface area (Å²) in [6.07, 6.45) is 0.890. The Bertz CT molecular complexity index is 891. The number of hydrogen-bond donors (Lipinski definition) is 0. The maximum Gasteiger partial charge on any atom is 0.122 e. The molecule has 0 N–H and O–H groups in total. The van der Waals surface area contributed by atoms with Crippen molar-refractivity contribution in [1.29, 1.82) is 0 Å². The van der Waals surface area contributed by atoms with Crippen molar-refractivity contribution in [1.82, 2.24) is 0 Å². The molecule has 0 aromatic heterocycles. The van der Waals surface area contributed by atoms with Crippen molar-refractivity contribution in [2.45, 2.75) is 26.0 Å². The first-order valence-electron chi connectivity index (χ1n) is 7.81. The van der Waals surface area contributed by atoms with Crippen LogP contribution in [-0.2, 0) is 17.2 Å². The molecule has 0 aliphatic carbocycles. The molecule has 1 heterocycles. The lowest BCUT2D eigenvalue weighted by molar-refractivity contribution is 0.356. The van der Waals surface area contributed by atoms with Crippen molar-refractivity contribution in [3.63, 3.8) is 0 Å². The largest absolute Gasteiger partial charge is 0.493 e. The predicted octanol–water partition coefficient (Wildman–Crippen LogP) is 4.94. The Hall–Kier alpha value is -2.04. The molecule has 1 atom stereocenters. The normalized spacial score (nSPS) is 14.0. The molecule has 0 saturated carbocycles. The standard InChI is InChI=1S/C20H16O2S2/c21-24(17-10-11-18-15(14-17)12-13-22-18)20-9-5-4-8-19(20)23-16-6-2-1-3-7-16/h1-11,14H,12-13H2. The average Bonchev–Trinajstić information content (AvgIpc) is 3.10. The van der Waals surface area contributed by atoms with Crippen LogP contribution in [0.2, 0.25) is 0 Å². The number of ether oxygens (including phenoxy) is 1. The highest BCUT2D eigenvalue weighted by Gasteiger charge is 2.17. The Kier molecular flexibility index (Phi) is 4.41. The van der Waals surface area contributed by atoms with Gasteiger partial charge in [-0.05, 0) is 48.0 Å². The quantitative estimate of drug-likeness (QED) is 0.665. The van der Waals surface area contributed by atoms with E-state index in [1.165, 1.54) is 0 Å². The highest BCUT2D eigenvalue weighted by molar-refractivity contribution is 8.00. The third-order valence-electron chi connectivity index (χ3n) is 3.89. The van der Waals surface area contributed by atoms with Gasteiger partial charge in [0.05, 0.1) is 22.3 Å². The summed E-state index contributed by atoms with van der Waals surface area (Å²) < 4.78 is 18.7. The fourth-order valence-electron chi connectivity index (χ4n) is 2.71. The van der Waals surface area contributed by atoms with Crippen molar-refractivity contribution >= 4 is 22.6 Å². The van der Waals surface area contributed by atoms with E-state index in [0.29, 0.717) is 6.61 Å². The maximum atomic E-state index is 13.1. The van der Waals surface area contributed by atoms with Gasteiger partial charge in [0.2, 0.25) is 0 Å². The summed E-state index contributed by atoms with van der Waals surface area (Å²) >= 11 is 1.64.